The number of piperazine rings is 1. The molecule has 1 aliphatic heterocycles. The Morgan fingerprint density at radius 1 is 1.11 bits per heavy atom. The molecule has 188 valence electrons. The number of amides is 1. The maximum Gasteiger partial charge on any atom is 0.223 e. The van der Waals surface area contributed by atoms with Crippen molar-refractivity contribution >= 4 is 49.6 Å². The molecule has 10 heteroatoms. The molecule has 2 aromatic heterocycles. The lowest BCUT2D eigenvalue weighted by Gasteiger charge is -2.41. The molecule has 0 aliphatic carbocycles. The average Bonchev–Trinajstić information content (AvgIpc) is 3.30. The highest BCUT2D eigenvalue weighted by molar-refractivity contribution is 7.91. The number of hydrogen-bond acceptors (Lipinski definition) is 6. The summed E-state index contributed by atoms with van der Waals surface area (Å²) in [4.78, 5) is 21.6. The highest BCUT2D eigenvalue weighted by Crippen LogP contribution is 2.25. The van der Waals surface area contributed by atoms with Gasteiger partial charge in [0.15, 0.2) is 9.84 Å². The number of nitrogens with zero attached hydrogens (tertiary/aromatic N) is 4. The monoisotopic (exact) mass is 526 g/mol. The number of hydrogen-bond donors (Lipinski definition) is 1. The predicted octanol–water partition coefficient (Wildman–Crippen LogP) is 3.53. The van der Waals surface area contributed by atoms with Crippen LogP contribution in [-0.2, 0) is 21.2 Å². The fourth-order valence-corrected chi connectivity index (χ4v) is 6.23. The van der Waals surface area contributed by atoms with Crippen LogP contribution in [0.25, 0.3) is 16.4 Å². The van der Waals surface area contributed by atoms with Gasteiger partial charge in [-0.05, 0) is 54.1 Å². The van der Waals surface area contributed by atoms with Crippen LogP contribution in [0.3, 0.4) is 0 Å². The van der Waals surface area contributed by atoms with E-state index in [4.69, 9.17) is 11.6 Å². The summed E-state index contributed by atoms with van der Waals surface area (Å²) in [5.74, 6) is 0.538. The molecular formula is C26H27ClN4O4S. The Bertz CT molecular complexity index is 1550. The van der Waals surface area contributed by atoms with Crippen LogP contribution in [0, 0.1) is 0 Å². The number of imidazole rings is 1. The van der Waals surface area contributed by atoms with E-state index in [1.807, 2.05) is 35.7 Å². The largest absolute Gasteiger partial charge is 0.390 e. The van der Waals surface area contributed by atoms with Gasteiger partial charge in [-0.1, -0.05) is 29.8 Å². The molecule has 36 heavy (non-hydrogen) atoms. The Morgan fingerprint density at radius 2 is 1.89 bits per heavy atom. The number of sulfone groups is 1. The van der Waals surface area contributed by atoms with Crippen LogP contribution in [0.4, 0.5) is 5.82 Å². The molecule has 1 saturated heterocycles. The fraction of sp³-hybridized carbons (Fsp3) is 0.308. The minimum absolute atomic E-state index is 0.0672. The predicted molar refractivity (Wildman–Crippen MR) is 140 cm³/mol. The molecule has 2 aromatic carbocycles. The van der Waals surface area contributed by atoms with E-state index >= 15 is 0 Å². The van der Waals surface area contributed by atoms with E-state index < -0.39 is 9.84 Å². The van der Waals surface area contributed by atoms with Crippen molar-refractivity contribution in [2.75, 3.05) is 30.3 Å². The van der Waals surface area contributed by atoms with E-state index in [0.29, 0.717) is 30.4 Å². The zero-order valence-corrected chi connectivity index (χ0v) is 21.4. The lowest BCUT2D eigenvalue weighted by atomic mass is 10.1. The van der Waals surface area contributed by atoms with Crippen molar-refractivity contribution in [3.8, 4) is 0 Å². The summed E-state index contributed by atoms with van der Waals surface area (Å²) >= 11 is 6.02. The van der Waals surface area contributed by atoms with Gasteiger partial charge in [-0.15, -0.1) is 0 Å². The molecular weight excluding hydrogens is 500 g/mol. The summed E-state index contributed by atoms with van der Waals surface area (Å²) in [6.07, 6.45) is 1.75. The Labute approximate surface area is 214 Å². The Kier molecular flexibility index (Phi) is 6.63. The lowest BCUT2D eigenvalue weighted by Crippen LogP contribution is -2.54. The van der Waals surface area contributed by atoms with Crippen molar-refractivity contribution in [3.05, 3.63) is 71.5 Å². The van der Waals surface area contributed by atoms with Gasteiger partial charge in [0.25, 0.3) is 0 Å². The molecule has 4 aromatic rings. The number of carbonyl (C=O) groups is 1. The van der Waals surface area contributed by atoms with Crippen molar-refractivity contribution < 1.29 is 18.3 Å². The highest BCUT2D eigenvalue weighted by atomic mass is 35.5. The zero-order chi connectivity index (χ0) is 25.4. The number of aliphatic hydroxyl groups is 1. The van der Waals surface area contributed by atoms with Gasteiger partial charge in [-0.3, -0.25) is 9.20 Å². The van der Waals surface area contributed by atoms with E-state index in [1.165, 1.54) is 0 Å². The van der Waals surface area contributed by atoms with Crippen LogP contribution in [0.5, 0.6) is 0 Å². The number of pyridine rings is 1. The smallest absolute Gasteiger partial charge is 0.223 e. The molecule has 1 atom stereocenters. The van der Waals surface area contributed by atoms with Gasteiger partial charge in [0.2, 0.25) is 5.91 Å². The van der Waals surface area contributed by atoms with Crippen LogP contribution in [0.15, 0.2) is 65.7 Å². The molecule has 0 radical (unpaired) electrons. The van der Waals surface area contributed by atoms with Gasteiger partial charge < -0.3 is 14.9 Å². The van der Waals surface area contributed by atoms with Gasteiger partial charge in [0.1, 0.15) is 11.5 Å². The van der Waals surface area contributed by atoms with Gasteiger partial charge in [0.05, 0.1) is 22.9 Å². The van der Waals surface area contributed by atoms with Crippen LogP contribution in [-0.4, -0.2) is 65.1 Å². The maximum absolute atomic E-state index is 13.0. The summed E-state index contributed by atoms with van der Waals surface area (Å²) < 4.78 is 27.9. The number of aromatic nitrogens is 2. The summed E-state index contributed by atoms with van der Waals surface area (Å²) in [5, 5.41) is 11.7. The second-order valence-electron chi connectivity index (χ2n) is 9.11. The van der Waals surface area contributed by atoms with Crippen LogP contribution in [0.2, 0.25) is 5.02 Å². The van der Waals surface area contributed by atoms with E-state index in [-0.39, 0.29) is 35.6 Å². The zero-order valence-electron chi connectivity index (χ0n) is 19.8. The van der Waals surface area contributed by atoms with Gasteiger partial charge in [0, 0.05) is 43.3 Å². The van der Waals surface area contributed by atoms with Crippen molar-refractivity contribution in [2.24, 2.45) is 0 Å². The first-order valence-corrected chi connectivity index (χ1v) is 13.8. The number of aliphatic hydroxyl groups excluding tert-OH is 1. The van der Waals surface area contributed by atoms with Crippen molar-refractivity contribution in [1.82, 2.24) is 14.3 Å². The molecule has 1 fully saturated rings. The lowest BCUT2D eigenvalue weighted by molar-refractivity contribution is -0.133. The van der Waals surface area contributed by atoms with Crippen molar-refractivity contribution in [3.63, 3.8) is 0 Å². The molecule has 8 nitrogen and oxygen atoms in total. The number of halogens is 1. The van der Waals surface area contributed by atoms with E-state index in [1.54, 1.807) is 41.3 Å². The topological polar surface area (TPSA) is 95.2 Å². The van der Waals surface area contributed by atoms with Gasteiger partial charge in [-0.2, -0.15) is 0 Å². The molecule has 3 heterocycles. The van der Waals surface area contributed by atoms with E-state index in [0.717, 1.165) is 22.2 Å². The summed E-state index contributed by atoms with van der Waals surface area (Å²) in [6, 6.07) is 16.0. The molecule has 0 spiro atoms. The van der Waals surface area contributed by atoms with Crippen molar-refractivity contribution in [2.45, 2.75) is 30.9 Å². The summed E-state index contributed by atoms with van der Waals surface area (Å²) in [6.45, 7) is 3.56. The highest BCUT2D eigenvalue weighted by Gasteiger charge is 2.29. The normalized spacial score (nSPS) is 16.7. The SMILES string of the molecule is CC1CN(c2cccc3nc(CO)cn23)CCN1C(=O)CCS(=O)(=O)c1ccc2cc(Cl)ccc2c1. The molecule has 1 N–H and O–H groups in total. The third-order valence-corrected chi connectivity index (χ3v) is 8.62. The summed E-state index contributed by atoms with van der Waals surface area (Å²) in [5.41, 5.74) is 1.35. The third-order valence-electron chi connectivity index (χ3n) is 6.67. The van der Waals surface area contributed by atoms with E-state index in [9.17, 15) is 18.3 Å². The maximum atomic E-state index is 13.0. The number of rotatable bonds is 6. The Balaban J connectivity index is 1.24. The van der Waals surface area contributed by atoms with Crippen LogP contribution >= 0.6 is 11.6 Å². The van der Waals surface area contributed by atoms with Gasteiger partial charge >= 0.3 is 0 Å². The molecule has 1 unspecified atom stereocenters. The number of fused-ring (bicyclic) bond motifs is 2. The summed E-state index contributed by atoms with van der Waals surface area (Å²) in [7, 11) is -3.61. The molecule has 0 bridgehead atoms. The first-order chi connectivity index (χ1) is 17.2. The fourth-order valence-electron chi connectivity index (χ4n) is 4.79. The van der Waals surface area contributed by atoms with E-state index in [2.05, 4.69) is 9.88 Å². The molecule has 1 amide bonds. The minimum Gasteiger partial charge on any atom is -0.390 e. The molecule has 5 rings (SSSR count). The second kappa shape index (κ2) is 9.72. The van der Waals surface area contributed by atoms with Crippen LogP contribution < -0.4 is 4.90 Å². The van der Waals surface area contributed by atoms with Gasteiger partial charge in [-0.25, -0.2) is 13.4 Å². The van der Waals surface area contributed by atoms with Crippen molar-refractivity contribution in [1.29, 1.82) is 0 Å². The first-order valence-electron chi connectivity index (χ1n) is 11.8. The number of benzene rings is 2. The first kappa shape index (κ1) is 24.5. The Morgan fingerprint density at radius 3 is 2.67 bits per heavy atom. The average molecular weight is 527 g/mol. The second-order valence-corrected chi connectivity index (χ2v) is 11.7. The standard InChI is InChI=1S/C26H27ClN4O4S/c1-18-15-29(25-4-2-3-24-28-22(17-32)16-31(24)25)10-11-30(18)26(33)9-12-36(34,35)23-8-6-19-13-21(27)7-5-20(19)14-23/h2-8,13-14,16,18,32H,9-12,15,17H2,1H3. The number of anilines is 1. The third kappa shape index (κ3) is 4.78. The quantitative estimate of drug-likeness (QED) is 0.413. The minimum atomic E-state index is -3.61. The van der Waals surface area contributed by atoms with Crippen LogP contribution in [0.1, 0.15) is 19.0 Å². The number of carbonyl (C=O) groups excluding carboxylic acids is 1. The molecule has 1 aliphatic rings. The Hall–Kier alpha value is -3.14. The molecule has 0 saturated carbocycles.